The SMILES string of the molecule is CCCCCCCCCCCCCCCOCC(C)(CO)C(=O)OCC(=O)OCCCCCCCCCCCCCC. The van der Waals surface area contributed by atoms with Gasteiger partial charge in [0.1, 0.15) is 5.41 Å². The fraction of sp³-hybridized carbons (Fsp3) is 0.944. The van der Waals surface area contributed by atoms with Gasteiger partial charge in [-0.3, -0.25) is 4.79 Å². The van der Waals surface area contributed by atoms with E-state index in [4.69, 9.17) is 14.2 Å². The van der Waals surface area contributed by atoms with E-state index in [9.17, 15) is 14.7 Å². The lowest BCUT2D eigenvalue weighted by molar-refractivity contribution is -0.169. The third kappa shape index (κ3) is 26.5. The molecule has 0 aliphatic heterocycles. The van der Waals surface area contributed by atoms with Gasteiger partial charge in [0.25, 0.3) is 0 Å². The minimum atomic E-state index is -1.17. The maximum absolute atomic E-state index is 12.5. The molecule has 1 atom stereocenters. The predicted octanol–water partition coefficient (Wildman–Crippen LogP) is 9.88. The van der Waals surface area contributed by atoms with E-state index in [-0.39, 0.29) is 6.61 Å². The Morgan fingerprint density at radius 3 is 1.26 bits per heavy atom. The lowest BCUT2D eigenvalue weighted by Gasteiger charge is -2.24. The van der Waals surface area contributed by atoms with E-state index >= 15 is 0 Å². The molecule has 0 aromatic rings. The fourth-order valence-electron chi connectivity index (χ4n) is 5.16. The van der Waals surface area contributed by atoms with Crippen molar-refractivity contribution in [3.05, 3.63) is 0 Å². The van der Waals surface area contributed by atoms with Gasteiger partial charge in [0.05, 0.1) is 19.8 Å². The number of aliphatic hydroxyl groups excluding tert-OH is 1. The molecule has 6 nitrogen and oxygen atoms in total. The van der Waals surface area contributed by atoms with Crippen LogP contribution in [0.15, 0.2) is 0 Å². The van der Waals surface area contributed by atoms with Gasteiger partial charge in [-0.2, -0.15) is 0 Å². The van der Waals surface area contributed by atoms with Gasteiger partial charge >= 0.3 is 11.9 Å². The van der Waals surface area contributed by atoms with Crippen LogP contribution in [0, 0.1) is 5.41 Å². The predicted molar refractivity (Wildman–Crippen MR) is 175 cm³/mol. The molecule has 42 heavy (non-hydrogen) atoms. The largest absolute Gasteiger partial charge is 0.463 e. The summed E-state index contributed by atoms with van der Waals surface area (Å²) in [6.07, 6.45) is 31.8. The first kappa shape index (κ1) is 40.9. The third-order valence-electron chi connectivity index (χ3n) is 8.24. The molecule has 0 bridgehead atoms. The quantitative estimate of drug-likeness (QED) is 0.0598. The molecule has 0 radical (unpaired) electrons. The zero-order valence-corrected chi connectivity index (χ0v) is 28.2. The van der Waals surface area contributed by atoms with Crippen LogP contribution >= 0.6 is 0 Å². The van der Waals surface area contributed by atoms with Gasteiger partial charge in [0.2, 0.25) is 0 Å². The van der Waals surface area contributed by atoms with Crippen LogP contribution in [0.3, 0.4) is 0 Å². The average Bonchev–Trinajstić information content (AvgIpc) is 3.00. The summed E-state index contributed by atoms with van der Waals surface area (Å²) < 4.78 is 16.0. The second kappa shape index (κ2) is 31.3. The second-order valence-electron chi connectivity index (χ2n) is 12.7. The standard InChI is InChI=1S/C36H70O6/c1-4-6-8-10-12-14-16-18-19-21-23-25-27-29-40-33-36(3,32-37)35(39)42-31-34(38)41-30-28-26-24-22-20-17-15-13-11-9-7-5-2/h37H,4-33H2,1-3H3. The maximum Gasteiger partial charge on any atom is 0.344 e. The number of rotatable bonds is 33. The topological polar surface area (TPSA) is 82.1 Å². The highest BCUT2D eigenvalue weighted by atomic mass is 16.6. The minimum Gasteiger partial charge on any atom is -0.463 e. The van der Waals surface area contributed by atoms with Gasteiger partial charge in [-0.25, -0.2) is 4.79 Å². The Kier molecular flexibility index (Phi) is 30.4. The summed E-state index contributed by atoms with van der Waals surface area (Å²) >= 11 is 0. The number of unbranched alkanes of at least 4 members (excludes halogenated alkanes) is 23. The van der Waals surface area contributed by atoms with Crippen molar-refractivity contribution in [1.82, 2.24) is 0 Å². The van der Waals surface area contributed by atoms with Crippen LogP contribution in [0.5, 0.6) is 0 Å². The number of hydrogen-bond acceptors (Lipinski definition) is 6. The number of carbonyl (C=O) groups is 2. The number of hydrogen-bond donors (Lipinski definition) is 1. The van der Waals surface area contributed by atoms with Crippen LogP contribution in [-0.2, 0) is 23.8 Å². The molecule has 0 rings (SSSR count). The summed E-state index contributed by atoms with van der Waals surface area (Å²) in [5.41, 5.74) is -1.17. The molecule has 0 spiro atoms. The van der Waals surface area contributed by atoms with Crippen molar-refractivity contribution in [2.24, 2.45) is 5.41 Å². The molecule has 0 fully saturated rings. The molecule has 0 amide bonds. The van der Waals surface area contributed by atoms with E-state index in [1.54, 1.807) is 6.92 Å². The Labute approximate surface area is 260 Å². The lowest BCUT2D eigenvalue weighted by Crippen LogP contribution is -2.39. The van der Waals surface area contributed by atoms with Crippen molar-refractivity contribution in [2.75, 3.05) is 33.0 Å². The van der Waals surface area contributed by atoms with Crippen LogP contribution in [0.2, 0.25) is 0 Å². The van der Waals surface area contributed by atoms with Crippen molar-refractivity contribution in [2.45, 2.75) is 181 Å². The van der Waals surface area contributed by atoms with Crippen LogP contribution in [0.1, 0.15) is 181 Å². The van der Waals surface area contributed by atoms with Gasteiger partial charge in [-0.1, -0.05) is 162 Å². The summed E-state index contributed by atoms with van der Waals surface area (Å²) in [6, 6.07) is 0. The normalized spacial score (nSPS) is 12.8. The Balaban J connectivity index is 3.66. The zero-order valence-electron chi connectivity index (χ0n) is 28.2. The molecule has 250 valence electrons. The molecular weight excluding hydrogens is 528 g/mol. The van der Waals surface area contributed by atoms with Crippen molar-refractivity contribution in [1.29, 1.82) is 0 Å². The van der Waals surface area contributed by atoms with Gasteiger partial charge in [-0.05, 0) is 19.8 Å². The highest BCUT2D eigenvalue weighted by Crippen LogP contribution is 2.19. The zero-order chi connectivity index (χ0) is 31.0. The number of aliphatic hydroxyl groups is 1. The highest BCUT2D eigenvalue weighted by Gasteiger charge is 2.35. The molecule has 0 saturated heterocycles. The van der Waals surface area contributed by atoms with Crippen molar-refractivity contribution in [3.63, 3.8) is 0 Å². The first-order valence-corrected chi connectivity index (χ1v) is 18.0. The number of ether oxygens (including phenoxy) is 3. The van der Waals surface area contributed by atoms with Crippen molar-refractivity contribution in [3.8, 4) is 0 Å². The summed E-state index contributed by atoms with van der Waals surface area (Å²) in [4.78, 5) is 24.5. The second-order valence-corrected chi connectivity index (χ2v) is 12.7. The highest BCUT2D eigenvalue weighted by molar-refractivity contribution is 5.80. The van der Waals surface area contributed by atoms with Gasteiger partial charge in [0.15, 0.2) is 6.61 Å². The van der Waals surface area contributed by atoms with Crippen LogP contribution in [-0.4, -0.2) is 50.1 Å². The van der Waals surface area contributed by atoms with Crippen molar-refractivity contribution < 1.29 is 28.9 Å². The molecule has 0 aromatic carbocycles. The number of carbonyl (C=O) groups excluding carboxylic acids is 2. The summed E-state index contributed by atoms with van der Waals surface area (Å²) in [5.74, 6) is -1.17. The monoisotopic (exact) mass is 599 g/mol. The smallest absolute Gasteiger partial charge is 0.344 e. The van der Waals surface area contributed by atoms with E-state index in [1.165, 1.54) is 128 Å². The molecule has 0 aliphatic carbocycles. The van der Waals surface area contributed by atoms with Gasteiger partial charge in [-0.15, -0.1) is 0 Å². The van der Waals surface area contributed by atoms with Crippen LogP contribution in [0.4, 0.5) is 0 Å². The first-order valence-electron chi connectivity index (χ1n) is 18.0. The van der Waals surface area contributed by atoms with Crippen LogP contribution in [0.25, 0.3) is 0 Å². The molecule has 1 N–H and O–H groups in total. The Morgan fingerprint density at radius 1 is 0.524 bits per heavy atom. The third-order valence-corrected chi connectivity index (χ3v) is 8.24. The molecule has 0 aliphatic rings. The summed E-state index contributed by atoms with van der Waals surface area (Å²) in [6.45, 7) is 6.30. The van der Waals surface area contributed by atoms with Gasteiger partial charge in [0, 0.05) is 6.61 Å². The molecule has 0 saturated carbocycles. The summed E-state index contributed by atoms with van der Waals surface area (Å²) in [5, 5.41) is 9.77. The molecule has 1 unspecified atom stereocenters. The Morgan fingerprint density at radius 2 is 0.881 bits per heavy atom. The van der Waals surface area contributed by atoms with Crippen LogP contribution < -0.4 is 0 Å². The van der Waals surface area contributed by atoms with E-state index < -0.39 is 30.6 Å². The Hall–Kier alpha value is -1.14. The summed E-state index contributed by atoms with van der Waals surface area (Å²) in [7, 11) is 0. The van der Waals surface area contributed by atoms with Crippen molar-refractivity contribution >= 4 is 11.9 Å². The lowest BCUT2D eigenvalue weighted by atomic mass is 9.93. The van der Waals surface area contributed by atoms with E-state index in [0.29, 0.717) is 13.2 Å². The molecule has 0 aromatic heterocycles. The average molecular weight is 599 g/mol. The molecule has 6 heteroatoms. The fourth-order valence-corrected chi connectivity index (χ4v) is 5.16. The Bertz CT molecular complexity index is 595. The number of esters is 2. The molecular formula is C36H70O6. The first-order chi connectivity index (χ1) is 20.5. The van der Waals surface area contributed by atoms with E-state index in [1.807, 2.05) is 0 Å². The maximum atomic E-state index is 12.5. The van der Waals surface area contributed by atoms with E-state index in [0.717, 1.165) is 32.1 Å². The molecule has 0 heterocycles. The minimum absolute atomic E-state index is 0.0779. The van der Waals surface area contributed by atoms with Gasteiger partial charge < -0.3 is 19.3 Å². The van der Waals surface area contributed by atoms with E-state index in [2.05, 4.69) is 13.8 Å².